The molecule has 32 heavy (non-hydrogen) atoms. The Morgan fingerprint density at radius 2 is 1.72 bits per heavy atom. The zero-order chi connectivity index (χ0) is 21.8. The van der Waals surface area contributed by atoms with Crippen molar-refractivity contribution in [2.45, 2.75) is 6.42 Å². The molecule has 0 aliphatic carbocycles. The number of amides is 1. The third kappa shape index (κ3) is 4.15. The second-order valence-corrected chi connectivity index (χ2v) is 7.12. The number of fused-ring (bicyclic) bond motifs is 1. The molecule has 3 aromatic heterocycles. The van der Waals surface area contributed by atoms with Crippen LogP contribution >= 0.6 is 0 Å². The molecule has 0 unspecified atom stereocenters. The molecule has 5 aromatic rings. The second-order valence-electron chi connectivity index (χ2n) is 7.12. The summed E-state index contributed by atoms with van der Waals surface area (Å²) < 4.78 is 1.94. The van der Waals surface area contributed by atoms with Gasteiger partial charge in [0.1, 0.15) is 5.82 Å². The van der Waals surface area contributed by atoms with Gasteiger partial charge in [0.2, 0.25) is 5.91 Å². The molecule has 3 heterocycles. The maximum Gasteiger partial charge on any atom is 0.228 e. The number of hydrogen-bond acceptors (Lipinski definition) is 6. The Bertz CT molecular complexity index is 1350. The van der Waals surface area contributed by atoms with E-state index >= 15 is 0 Å². The minimum atomic E-state index is -0.0753. The van der Waals surface area contributed by atoms with E-state index in [1.165, 1.54) is 0 Å². The van der Waals surface area contributed by atoms with Crippen LogP contribution < -0.4 is 10.6 Å². The number of aromatic nitrogens is 5. The Morgan fingerprint density at radius 3 is 2.50 bits per heavy atom. The minimum absolute atomic E-state index is 0.0753. The number of nitrogens with zero attached hydrogens (tertiary/aromatic N) is 5. The summed E-state index contributed by atoms with van der Waals surface area (Å²) in [5, 5.41) is 15.6. The summed E-state index contributed by atoms with van der Waals surface area (Å²) in [4.78, 5) is 20.8. The van der Waals surface area contributed by atoms with Crippen LogP contribution in [0, 0.1) is 0 Å². The number of benzene rings is 2. The van der Waals surface area contributed by atoms with Crippen molar-refractivity contribution in [1.82, 2.24) is 24.7 Å². The Kier molecular flexibility index (Phi) is 5.24. The smallest absolute Gasteiger partial charge is 0.228 e. The summed E-state index contributed by atoms with van der Waals surface area (Å²) in [5.74, 6) is 1.73. The molecule has 5 rings (SSSR count). The average Bonchev–Trinajstić information content (AvgIpc) is 3.19. The van der Waals surface area contributed by atoms with Crippen molar-refractivity contribution in [3.63, 3.8) is 0 Å². The Balaban J connectivity index is 1.40. The van der Waals surface area contributed by atoms with Crippen molar-refractivity contribution in [2.24, 2.45) is 0 Å². The molecule has 0 saturated carbocycles. The summed E-state index contributed by atoms with van der Waals surface area (Å²) >= 11 is 0. The molecule has 8 nitrogen and oxygen atoms in total. The Hall–Kier alpha value is -4.59. The van der Waals surface area contributed by atoms with Crippen molar-refractivity contribution >= 4 is 34.1 Å². The van der Waals surface area contributed by atoms with Gasteiger partial charge in [0.25, 0.3) is 0 Å². The van der Waals surface area contributed by atoms with Gasteiger partial charge in [-0.2, -0.15) is 0 Å². The summed E-state index contributed by atoms with van der Waals surface area (Å²) in [5.41, 5.74) is 2.65. The number of hydrogen-bond donors (Lipinski definition) is 2. The number of rotatable bonds is 6. The van der Waals surface area contributed by atoms with E-state index in [2.05, 4.69) is 30.8 Å². The van der Waals surface area contributed by atoms with E-state index in [0.29, 0.717) is 17.5 Å². The molecule has 0 spiro atoms. The molecular formula is C24H19N7O. The molecule has 0 bridgehead atoms. The van der Waals surface area contributed by atoms with Gasteiger partial charge >= 0.3 is 0 Å². The van der Waals surface area contributed by atoms with Gasteiger partial charge in [-0.05, 0) is 35.9 Å². The lowest BCUT2D eigenvalue weighted by Gasteiger charge is -2.06. The van der Waals surface area contributed by atoms with Crippen LogP contribution in [0.5, 0.6) is 0 Å². The molecule has 0 radical (unpaired) electrons. The zero-order valence-corrected chi connectivity index (χ0v) is 17.0. The first kappa shape index (κ1) is 19.4. The number of carbonyl (C=O) groups is 1. The molecular weight excluding hydrogens is 402 g/mol. The largest absolute Gasteiger partial charge is 0.326 e. The summed E-state index contributed by atoms with van der Waals surface area (Å²) in [7, 11) is 0. The SMILES string of the molecule is O=C(Cc1cn(-c2ccc(Nc3cnccn3)nn2)c2ccccc12)Nc1ccccc1. The first-order valence-electron chi connectivity index (χ1n) is 10.1. The Labute approximate surface area is 184 Å². The van der Waals surface area contributed by atoms with Gasteiger partial charge in [-0.15, -0.1) is 10.2 Å². The highest BCUT2D eigenvalue weighted by atomic mass is 16.1. The van der Waals surface area contributed by atoms with Crippen molar-refractivity contribution in [1.29, 1.82) is 0 Å². The quantitative estimate of drug-likeness (QED) is 0.428. The van der Waals surface area contributed by atoms with Crippen LogP contribution in [0.3, 0.4) is 0 Å². The van der Waals surface area contributed by atoms with Gasteiger partial charge in [0.15, 0.2) is 11.6 Å². The fraction of sp³-hybridized carbons (Fsp3) is 0.0417. The van der Waals surface area contributed by atoms with E-state index in [4.69, 9.17) is 0 Å². The van der Waals surface area contributed by atoms with Crippen molar-refractivity contribution in [3.8, 4) is 5.82 Å². The van der Waals surface area contributed by atoms with Crippen LogP contribution in [-0.4, -0.2) is 30.6 Å². The van der Waals surface area contributed by atoms with Crippen LogP contribution in [0.15, 0.2) is 91.5 Å². The fourth-order valence-electron chi connectivity index (χ4n) is 3.50. The van der Waals surface area contributed by atoms with Crippen LogP contribution in [0.25, 0.3) is 16.7 Å². The van der Waals surface area contributed by atoms with E-state index in [9.17, 15) is 4.79 Å². The molecule has 0 fully saturated rings. The number of anilines is 3. The Morgan fingerprint density at radius 1 is 0.875 bits per heavy atom. The summed E-state index contributed by atoms with van der Waals surface area (Å²) in [6.07, 6.45) is 7.01. The maximum absolute atomic E-state index is 12.6. The van der Waals surface area contributed by atoms with E-state index in [0.717, 1.165) is 22.2 Å². The van der Waals surface area contributed by atoms with E-state index < -0.39 is 0 Å². The first-order valence-corrected chi connectivity index (χ1v) is 10.1. The van der Waals surface area contributed by atoms with Gasteiger partial charge in [-0.1, -0.05) is 36.4 Å². The monoisotopic (exact) mass is 421 g/mol. The van der Waals surface area contributed by atoms with Crippen molar-refractivity contribution in [2.75, 3.05) is 10.6 Å². The average molecular weight is 421 g/mol. The molecule has 2 N–H and O–H groups in total. The fourth-order valence-corrected chi connectivity index (χ4v) is 3.50. The molecule has 1 amide bonds. The van der Waals surface area contributed by atoms with E-state index in [1.54, 1.807) is 18.6 Å². The van der Waals surface area contributed by atoms with Gasteiger partial charge in [-0.3, -0.25) is 14.3 Å². The molecule has 156 valence electrons. The summed E-state index contributed by atoms with van der Waals surface area (Å²) in [6.45, 7) is 0. The van der Waals surface area contributed by atoms with E-state index in [-0.39, 0.29) is 12.3 Å². The molecule has 8 heteroatoms. The third-order valence-electron chi connectivity index (χ3n) is 4.92. The standard InChI is InChI=1S/C24H19N7O/c32-24(27-18-6-2-1-3-7-18)14-17-16-31(20-9-5-4-8-19(17)20)23-11-10-21(29-30-23)28-22-15-25-12-13-26-22/h1-13,15-16H,14H2,(H,27,32)(H,26,28,29). The minimum Gasteiger partial charge on any atom is -0.326 e. The predicted molar refractivity (Wildman–Crippen MR) is 123 cm³/mol. The molecule has 0 saturated heterocycles. The van der Waals surface area contributed by atoms with Crippen molar-refractivity contribution < 1.29 is 4.79 Å². The van der Waals surface area contributed by atoms with Crippen LogP contribution in [0.2, 0.25) is 0 Å². The maximum atomic E-state index is 12.6. The predicted octanol–water partition coefficient (Wildman–Crippen LogP) is 4.14. The number of nitrogens with one attached hydrogen (secondary N) is 2. The highest BCUT2D eigenvalue weighted by Gasteiger charge is 2.14. The zero-order valence-electron chi connectivity index (χ0n) is 17.0. The van der Waals surface area contributed by atoms with Gasteiger partial charge in [-0.25, -0.2) is 4.98 Å². The normalized spacial score (nSPS) is 10.8. The molecule has 0 aliphatic heterocycles. The molecule has 0 aliphatic rings. The topological polar surface area (TPSA) is 97.6 Å². The lowest BCUT2D eigenvalue weighted by Crippen LogP contribution is -2.14. The van der Waals surface area contributed by atoms with Crippen molar-refractivity contribution in [3.05, 3.63) is 97.1 Å². The molecule has 2 aromatic carbocycles. The van der Waals surface area contributed by atoms with Crippen LogP contribution in [0.4, 0.5) is 17.3 Å². The summed E-state index contributed by atoms with van der Waals surface area (Å²) in [6, 6.07) is 21.1. The molecule has 0 atom stereocenters. The first-order chi connectivity index (χ1) is 15.8. The number of para-hydroxylation sites is 2. The third-order valence-corrected chi connectivity index (χ3v) is 4.92. The lowest BCUT2D eigenvalue weighted by atomic mass is 10.1. The highest BCUT2D eigenvalue weighted by Crippen LogP contribution is 2.25. The highest BCUT2D eigenvalue weighted by molar-refractivity contribution is 5.96. The van der Waals surface area contributed by atoms with Gasteiger partial charge in [0, 0.05) is 29.7 Å². The van der Waals surface area contributed by atoms with E-state index in [1.807, 2.05) is 77.5 Å². The van der Waals surface area contributed by atoms with Crippen LogP contribution in [0.1, 0.15) is 5.56 Å². The van der Waals surface area contributed by atoms with Gasteiger partial charge < -0.3 is 10.6 Å². The van der Waals surface area contributed by atoms with Gasteiger partial charge in [0.05, 0.1) is 18.1 Å². The lowest BCUT2D eigenvalue weighted by molar-refractivity contribution is -0.115. The van der Waals surface area contributed by atoms with Crippen LogP contribution in [-0.2, 0) is 11.2 Å². The second kappa shape index (κ2) is 8.65. The number of carbonyl (C=O) groups excluding carboxylic acids is 1.